The summed E-state index contributed by atoms with van der Waals surface area (Å²) >= 11 is 0. The molecule has 21 heavy (non-hydrogen) atoms. The van der Waals surface area contributed by atoms with Gasteiger partial charge in [0.2, 0.25) is 0 Å². The van der Waals surface area contributed by atoms with E-state index in [1.54, 1.807) is 0 Å². The molecule has 1 aliphatic carbocycles. The number of rotatable bonds is 3. The molecule has 2 aliphatic rings. The third-order valence-electron chi connectivity index (χ3n) is 5.34. The van der Waals surface area contributed by atoms with E-state index in [9.17, 15) is 0 Å². The lowest BCUT2D eigenvalue weighted by atomic mass is 9.98. The minimum atomic E-state index is 0.227. The number of ether oxygens (including phenoxy) is 1. The van der Waals surface area contributed by atoms with Crippen LogP contribution in [0.3, 0.4) is 0 Å². The molecule has 1 aromatic heterocycles. The van der Waals surface area contributed by atoms with Gasteiger partial charge in [-0.25, -0.2) is 0 Å². The highest BCUT2D eigenvalue weighted by molar-refractivity contribution is 5.83. The van der Waals surface area contributed by atoms with Crippen LogP contribution in [0, 0.1) is 0 Å². The van der Waals surface area contributed by atoms with Crippen LogP contribution in [0.2, 0.25) is 0 Å². The average molecular weight is 284 g/mol. The molecule has 1 saturated heterocycles. The fourth-order valence-electron chi connectivity index (χ4n) is 4.27. The van der Waals surface area contributed by atoms with Crippen LogP contribution in [-0.2, 0) is 17.8 Å². The maximum absolute atomic E-state index is 6.45. The van der Waals surface area contributed by atoms with Gasteiger partial charge in [-0.15, -0.1) is 0 Å². The monoisotopic (exact) mass is 284 g/mol. The lowest BCUT2D eigenvalue weighted by Crippen LogP contribution is -2.26. The van der Waals surface area contributed by atoms with Gasteiger partial charge in [0, 0.05) is 30.2 Å². The lowest BCUT2D eigenvalue weighted by Gasteiger charge is -2.24. The molecular weight excluding hydrogens is 260 g/mol. The molecule has 0 bridgehead atoms. The standard InChI is InChI=1S/C18H24N2O/c19-11-14-12-20(17-6-2-1-5-16(14)17)13-15-7-10-18(21-15)8-3-4-9-18/h1-2,5-6,12,15H,3-4,7-11,13,19H2. The van der Waals surface area contributed by atoms with Crippen molar-refractivity contribution in [3.63, 3.8) is 0 Å². The lowest BCUT2D eigenvalue weighted by molar-refractivity contribution is -0.0414. The minimum Gasteiger partial charge on any atom is -0.370 e. The Balaban J connectivity index is 1.58. The summed E-state index contributed by atoms with van der Waals surface area (Å²) in [5, 5.41) is 1.29. The molecule has 4 rings (SSSR count). The van der Waals surface area contributed by atoms with Crippen molar-refractivity contribution in [3.05, 3.63) is 36.0 Å². The van der Waals surface area contributed by atoms with Gasteiger partial charge in [0.25, 0.3) is 0 Å². The van der Waals surface area contributed by atoms with E-state index < -0.39 is 0 Å². The SMILES string of the molecule is NCc1cn(CC2CCC3(CCCC3)O2)c2ccccc12. The molecule has 2 fully saturated rings. The Labute approximate surface area is 126 Å². The molecule has 2 N–H and O–H groups in total. The Morgan fingerprint density at radius 3 is 2.81 bits per heavy atom. The quantitative estimate of drug-likeness (QED) is 0.935. The highest BCUT2D eigenvalue weighted by atomic mass is 16.5. The molecule has 1 spiro atoms. The van der Waals surface area contributed by atoms with Gasteiger partial charge >= 0.3 is 0 Å². The van der Waals surface area contributed by atoms with Crippen LogP contribution >= 0.6 is 0 Å². The van der Waals surface area contributed by atoms with Crippen molar-refractivity contribution in [2.75, 3.05) is 0 Å². The molecule has 1 aliphatic heterocycles. The predicted molar refractivity (Wildman–Crippen MR) is 85.1 cm³/mol. The second-order valence-electron chi connectivity index (χ2n) is 6.70. The highest BCUT2D eigenvalue weighted by Gasteiger charge is 2.42. The van der Waals surface area contributed by atoms with Gasteiger partial charge in [-0.05, 0) is 37.3 Å². The molecule has 1 aromatic carbocycles. The predicted octanol–water partition coefficient (Wildman–Crippen LogP) is 3.59. The number of hydrogen-bond acceptors (Lipinski definition) is 2. The van der Waals surface area contributed by atoms with E-state index in [2.05, 4.69) is 35.0 Å². The fraction of sp³-hybridized carbons (Fsp3) is 0.556. The molecule has 2 aromatic rings. The van der Waals surface area contributed by atoms with E-state index in [4.69, 9.17) is 10.5 Å². The minimum absolute atomic E-state index is 0.227. The second kappa shape index (κ2) is 5.15. The van der Waals surface area contributed by atoms with Crippen molar-refractivity contribution in [1.82, 2.24) is 4.57 Å². The van der Waals surface area contributed by atoms with Crippen molar-refractivity contribution in [2.24, 2.45) is 5.73 Å². The zero-order chi connectivity index (χ0) is 14.3. The van der Waals surface area contributed by atoms with Crippen molar-refractivity contribution in [3.8, 4) is 0 Å². The van der Waals surface area contributed by atoms with Crippen LogP contribution in [0.1, 0.15) is 44.1 Å². The Bertz CT molecular complexity index is 640. The Hall–Kier alpha value is -1.32. The van der Waals surface area contributed by atoms with Crippen LogP contribution < -0.4 is 5.73 Å². The Morgan fingerprint density at radius 1 is 1.19 bits per heavy atom. The number of para-hydroxylation sites is 1. The van der Waals surface area contributed by atoms with E-state index in [0.717, 1.165) is 6.54 Å². The topological polar surface area (TPSA) is 40.2 Å². The number of aromatic nitrogens is 1. The third kappa shape index (κ3) is 2.29. The first kappa shape index (κ1) is 13.4. The summed E-state index contributed by atoms with van der Waals surface area (Å²) in [4.78, 5) is 0. The Morgan fingerprint density at radius 2 is 2.00 bits per heavy atom. The van der Waals surface area contributed by atoms with Crippen LogP contribution in [0.25, 0.3) is 10.9 Å². The summed E-state index contributed by atoms with van der Waals surface area (Å²) in [6, 6.07) is 8.55. The fourth-order valence-corrected chi connectivity index (χ4v) is 4.27. The largest absolute Gasteiger partial charge is 0.370 e. The smallest absolute Gasteiger partial charge is 0.0762 e. The second-order valence-corrected chi connectivity index (χ2v) is 6.70. The van der Waals surface area contributed by atoms with Gasteiger partial charge in [0.1, 0.15) is 0 Å². The van der Waals surface area contributed by atoms with Crippen LogP contribution in [-0.4, -0.2) is 16.3 Å². The summed E-state index contributed by atoms with van der Waals surface area (Å²) in [5.74, 6) is 0. The van der Waals surface area contributed by atoms with E-state index >= 15 is 0 Å². The number of nitrogens with zero attached hydrogens (tertiary/aromatic N) is 1. The van der Waals surface area contributed by atoms with Crippen molar-refractivity contribution in [1.29, 1.82) is 0 Å². The normalized spacial score (nSPS) is 24.3. The molecular formula is C18H24N2O. The first-order valence-corrected chi connectivity index (χ1v) is 8.24. The molecule has 1 unspecified atom stereocenters. The van der Waals surface area contributed by atoms with Gasteiger partial charge in [-0.3, -0.25) is 0 Å². The Kier molecular flexibility index (Phi) is 3.27. The number of nitrogens with two attached hydrogens (primary N) is 1. The summed E-state index contributed by atoms with van der Waals surface area (Å²) < 4.78 is 8.80. The average Bonchev–Trinajstić information content (AvgIpc) is 3.21. The first-order chi connectivity index (χ1) is 10.3. The van der Waals surface area contributed by atoms with Gasteiger partial charge in [-0.2, -0.15) is 0 Å². The van der Waals surface area contributed by atoms with Gasteiger partial charge < -0.3 is 15.0 Å². The third-order valence-corrected chi connectivity index (χ3v) is 5.34. The zero-order valence-corrected chi connectivity index (χ0v) is 12.6. The van der Waals surface area contributed by atoms with Crippen LogP contribution in [0.15, 0.2) is 30.5 Å². The molecule has 0 radical (unpaired) electrons. The van der Waals surface area contributed by atoms with E-state index in [1.807, 2.05) is 0 Å². The summed E-state index contributed by atoms with van der Waals surface area (Å²) in [7, 11) is 0. The molecule has 3 nitrogen and oxygen atoms in total. The van der Waals surface area contributed by atoms with Crippen molar-refractivity contribution >= 4 is 10.9 Å². The van der Waals surface area contributed by atoms with Gasteiger partial charge in [0.15, 0.2) is 0 Å². The summed E-state index contributed by atoms with van der Waals surface area (Å²) in [6.45, 7) is 1.56. The maximum Gasteiger partial charge on any atom is 0.0762 e. The van der Waals surface area contributed by atoms with E-state index in [-0.39, 0.29) is 5.60 Å². The maximum atomic E-state index is 6.45. The molecule has 0 amide bonds. The van der Waals surface area contributed by atoms with Crippen LogP contribution in [0.5, 0.6) is 0 Å². The highest BCUT2D eigenvalue weighted by Crippen LogP contribution is 2.43. The molecule has 2 heterocycles. The van der Waals surface area contributed by atoms with Crippen molar-refractivity contribution < 1.29 is 4.74 Å². The summed E-state index contributed by atoms with van der Waals surface area (Å²) in [5.41, 5.74) is 8.64. The van der Waals surface area contributed by atoms with Gasteiger partial charge in [0.05, 0.1) is 11.7 Å². The molecule has 3 heteroatoms. The van der Waals surface area contributed by atoms with Crippen LogP contribution in [0.4, 0.5) is 0 Å². The first-order valence-electron chi connectivity index (χ1n) is 8.24. The number of fused-ring (bicyclic) bond motifs is 1. The number of hydrogen-bond donors (Lipinski definition) is 1. The zero-order valence-electron chi connectivity index (χ0n) is 12.6. The van der Waals surface area contributed by atoms with Gasteiger partial charge in [-0.1, -0.05) is 31.0 Å². The molecule has 112 valence electrons. The van der Waals surface area contributed by atoms with Crippen molar-refractivity contribution in [2.45, 2.75) is 63.3 Å². The summed E-state index contributed by atoms with van der Waals surface area (Å²) in [6.07, 6.45) is 10.3. The van der Waals surface area contributed by atoms with E-state index in [1.165, 1.54) is 55.0 Å². The van der Waals surface area contributed by atoms with E-state index in [0.29, 0.717) is 12.6 Å². The molecule has 1 atom stereocenters. The number of benzene rings is 1. The molecule has 1 saturated carbocycles.